The Morgan fingerprint density at radius 3 is 1.86 bits per heavy atom. The number of rotatable bonds is 11. The zero-order valence-corrected chi connectivity index (χ0v) is 15.3. The molecule has 0 aromatic rings. The fourth-order valence-electron chi connectivity index (χ4n) is 2.01. The van der Waals surface area contributed by atoms with Gasteiger partial charge in [0, 0.05) is 20.6 Å². The van der Waals surface area contributed by atoms with Crippen molar-refractivity contribution >= 4 is 34.5 Å². The summed E-state index contributed by atoms with van der Waals surface area (Å²) in [6, 6.07) is 0. The van der Waals surface area contributed by atoms with Crippen LogP contribution in [0.1, 0.15) is 33.1 Å². The number of halogens is 1. The SMILES string of the molecule is CCOC(=O)C(CCCI)(CC(OC)OC)C(=O)OCC. The Kier molecular flexibility index (Phi) is 11.0. The van der Waals surface area contributed by atoms with Gasteiger partial charge in [-0.25, -0.2) is 0 Å². The van der Waals surface area contributed by atoms with Gasteiger partial charge in [-0.05, 0) is 31.1 Å². The van der Waals surface area contributed by atoms with Crippen LogP contribution < -0.4 is 0 Å². The van der Waals surface area contributed by atoms with E-state index in [4.69, 9.17) is 18.9 Å². The van der Waals surface area contributed by atoms with E-state index < -0.39 is 23.6 Å². The van der Waals surface area contributed by atoms with E-state index in [0.717, 1.165) is 4.43 Å². The molecular formula is C14H25IO6. The molecule has 0 spiro atoms. The highest BCUT2D eigenvalue weighted by atomic mass is 127. The standard InChI is InChI=1S/C14H25IO6/c1-5-20-12(16)14(8-7-9-15,13(17)21-6-2)10-11(18-3)19-4/h11H,5-10H2,1-4H3. The molecule has 0 N–H and O–H groups in total. The summed E-state index contributed by atoms with van der Waals surface area (Å²) in [4.78, 5) is 24.8. The van der Waals surface area contributed by atoms with Crippen molar-refractivity contribution in [2.75, 3.05) is 31.9 Å². The molecule has 0 rings (SSSR count). The van der Waals surface area contributed by atoms with Crippen molar-refractivity contribution in [2.45, 2.75) is 39.4 Å². The molecule has 0 bridgehead atoms. The lowest BCUT2D eigenvalue weighted by Crippen LogP contribution is -2.45. The minimum absolute atomic E-state index is 0.0777. The van der Waals surface area contributed by atoms with Crippen molar-refractivity contribution in [3.63, 3.8) is 0 Å². The number of carbonyl (C=O) groups excluding carboxylic acids is 2. The predicted octanol–water partition coefficient (Wildman–Crippen LogP) is 2.32. The molecule has 0 heterocycles. The molecule has 0 atom stereocenters. The van der Waals surface area contributed by atoms with Crippen molar-refractivity contribution in [3.8, 4) is 0 Å². The van der Waals surface area contributed by atoms with E-state index >= 15 is 0 Å². The van der Waals surface area contributed by atoms with Gasteiger partial charge in [0.1, 0.15) is 0 Å². The van der Waals surface area contributed by atoms with Gasteiger partial charge < -0.3 is 18.9 Å². The van der Waals surface area contributed by atoms with Crippen LogP contribution in [0.4, 0.5) is 0 Å². The molecule has 0 saturated carbocycles. The summed E-state index contributed by atoms with van der Waals surface area (Å²) in [7, 11) is 2.93. The molecule has 0 saturated heterocycles. The third-order valence-electron chi connectivity index (χ3n) is 3.11. The van der Waals surface area contributed by atoms with Crippen LogP contribution in [-0.2, 0) is 28.5 Å². The first-order chi connectivity index (χ1) is 10.0. The first-order valence-electron chi connectivity index (χ1n) is 6.98. The zero-order chi connectivity index (χ0) is 16.3. The molecule has 0 fully saturated rings. The lowest BCUT2D eigenvalue weighted by molar-refractivity contribution is -0.185. The summed E-state index contributed by atoms with van der Waals surface area (Å²) < 4.78 is 21.3. The lowest BCUT2D eigenvalue weighted by atomic mass is 9.79. The fraction of sp³-hybridized carbons (Fsp3) is 0.857. The van der Waals surface area contributed by atoms with Gasteiger partial charge in [0.2, 0.25) is 0 Å². The number of hydrogen-bond acceptors (Lipinski definition) is 6. The Morgan fingerprint density at radius 2 is 1.52 bits per heavy atom. The van der Waals surface area contributed by atoms with Crippen LogP contribution in [0.15, 0.2) is 0 Å². The van der Waals surface area contributed by atoms with Crippen molar-refractivity contribution in [2.24, 2.45) is 5.41 Å². The first-order valence-corrected chi connectivity index (χ1v) is 8.50. The van der Waals surface area contributed by atoms with Crippen LogP contribution in [0.3, 0.4) is 0 Å². The summed E-state index contributed by atoms with van der Waals surface area (Å²) in [5.41, 5.74) is -1.38. The Hall–Kier alpha value is -0.410. The van der Waals surface area contributed by atoms with Crippen molar-refractivity contribution in [3.05, 3.63) is 0 Å². The third-order valence-corrected chi connectivity index (χ3v) is 3.87. The van der Waals surface area contributed by atoms with Crippen LogP contribution in [0, 0.1) is 5.41 Å². The van der Waals surface area contributed by atoms with E-state index in [0.29, 0.717) is 12.8 Å². The van der Waals surface area contributed by atoms with Crippen molar-refractivity contribution < 1.29 is 28.5 Å². The van der Waals surface area contributed by atoms with Crippen molar-refractivity contribution in [1.29, 1.82) is 0 Å². The van der Waals surface area contributed by atoms with E-state index in [1.165, 1.54) is 14.2 Å². The van der Waals surface area contributed by atoms with Gasteiger partial charge in [0.15, 0.2) is 11.7 Å². The molecule has 124 valence electrons. The smallest absolute Gasteiger partial charge is 0.323 e. The molecule has 0 aliphatic heterocycles. The second-order valence-electron chi connectivity index (χ2n) is 4.42. The largest absolute Gasteiger partial charge is 0.465 e. The maximum Gasteiger partial charge on any atom is 0.323 e. The quantitative estimate of drug-likeness (QED) is 0.169. The van der Waals surface area contributed by atoms with Gasteiger partial charge in [0.25, 0.3) is 0 Å². The summed E-state index contributed by atoms with van der Waals surface area (Å²) >= 11 is 2.20. The van der Waals surface area contributed by atoms with E-state index in [1.807, 2.05) is 0 Å². The van der Waals surface area contributed by atoms with Gasteiger partial charge in [-0.3, -0.25) is 9.59 Å². The van der Waals surface area contributed by atoms with Gasteiger partial charge in [-0.1, -0.05) is 22.6 Å². The number of methoxy groups -OCH3 is 2. The van der Waals surface area contributed by atoms with Gasteiger partial charge in [-0.15, -0.1) is 0 Å². The van der Waals surface area contributed by atoms with Gasteiger partial charge in [-0.2, -0.15) is 0 Å². The molecule has 21 heavy (non-hydrogen) atoms. The third kappa shape index (κ3) is 6.07. The van der Waals surface area contributed by atoms with Crippen LogP contribution >= 0.6 is 22.6 Å². The average molecular weight is 416 g/mol. The van der Waals surface area contributed by atoms with E-state index in [1.54, 1.807) is 13.8 Å². The first kappa shape index (κ1) is 20.6. The van der Waals surface area contributed by atoms with Crippen LogP contribution in [0.2, 0.25) is 0 Å². The maximum atomic E-state index is 12.4. The summed E-state index contributed by atoms with van der Waals surface area (Å²) in [6.45, 7) is 3.82. The fourth-order valence-corrected chi connectivity index (χ4v) is 2.39. The van der Waals surface area contributed by atoms with Gasteiger partial charge in [0.05, 0.1) is 13.2 Å². The number of alkyl halides is 1. The minimum Gasteiger partial charge on any atom is -0.465 e. The minimum atomic E-state index is -1.38. The predicted molar refractivity (Wildman–Crippen MR) is 86.2 cm³/mol. The molecule has 0 amide bonds. The highest BCUT2D eigenvalue weighted by Gasteiger charge is 2.50. The second kappa shape index (κ2) is 11.2. The van der Waals surface area contributed by atoms with Crippen LogP contribution in [-0.4, -0.2) is 50.1 Å². The number of carbonyl (C=O) groups is 2. The Labute approximate surface area is 140 Å². The lowest BCUT2D eigenvalue weighted by Gasteiger charge is -2.31. The average Bonchev–Trinajstić information content (AvgIpc) is 2.48. The molecule has 7 heteroatoms. The second-order valence-corrected chi connectivity index (χ2v) is 5.50. The normalized spacial score (nSPS) is 11.5. The zero-order valence-electron chi connectivity index (χ0n) is 13.1. The van der Waals surface area contributed by atoms with E-state index in [9.17, 15) is 9.59 Å². The molecule has 0 radical (unpaired) electrons. The van der Waals surface area contributed by atoms with Crippen LogP contribution in [0.25, 0.3) is 0 Å². The van der Waals surface area contributed by atoms with Crippen LogP contribution in [0.5, 0.6) is 0 Å². The molecule has 6 nitrogen and oxygen atoms in total. The molecule has 0 aromatic carbocycles. The van der Waals surface area contributed by atoms with Gasteiger partial charge >= 0.3 is 11.9 Å². The molecular weight excluding hydrogens is 391 g/mol. The number of esters is 2. The Balaban J connectivity index is 5.46. The number of ether oxygens (including phenoxy) is 4. The summed E-state index contributed by atoms with van der Waals surface area (Å²) in [5, 5.41) is 0. The van der Waals surface area contributed by atoms with Crippen molar-refractivity contribution in [1.82, 2.24) is 0 Å². The number of hydrogen-bond donors (Lipinski definition) is 0. The topological polar surface area (TPSA) is 71.1 Å². The molecule has 0 aliphatic rings. The molecule has 0 aliphatic carbocycles. The summed E-state index contributed by atoms with van der Waals surface area (Å²) in [6.07, 6.45) is 0.441. The monoisotopic (exact) mass is 416 g/mol. The molecule has 0 aromatic heterocycles. The Morgan fingerprint density at radius 1 is 1.05 bits per heavy atom. The van der Waals surface area contributed by atoms with E-state index in [2.05, 4.69) is 22.6 Å². The highest BCUT2D eigenvalue weighted by Crippen LogP contribution is 2.34. The molecule has 0 unspecified atom stereocenters. The summed E-state index contributed by atoms with van der Waals surface area (Å²) in [5.74, 6) is -1.15. The highest BCUT2D eigenvalue weighted by molar-refractivity contribution is 14.1. The maximum absolute atomic E-state index is 12.4. The Bertz CT molecular complexity index is 299. The van der Waals surface area contributed by atoms with E-state index in [-0.39, 0.29) is 19.6 Å².